The van der Waals surface area contributed by atoms with Crippen LogP contribution in [0.5, 0.6) is 0 Å². The van der Waals surface area contributed by atoms with Crippen molar-refractivity contribution in [1.82, 2.24) is 4.90 Å². The molecule has 3 rings (SSSR count). The van der Waals surface area contributed by atoms with Crippen LogP contribution in [0, 0.1) is 0 Å². The van der Waals surface area contributed by atoms with Gasteiger partial charge in [-0.05, 0) is 61.5 Å². The predicted molar refractivity (Wildman–Crippen MR) is 85.6 cm³/mol. The number of rotatable bonds is 4. The molecule has 0 spiro atoms. The van der Waals surface area contributed by atoms with Gasteiger partial charge in [0, 0.05) is 15.8 Å². The van der Waals surface area contributed by atoms with Crippen LogP contribution in [-0.4, -0.2) is 30.9 Å². The fraction of sp³-hybridized carbons (Fsp3) is 0.438. The van der Waals surface area contributed by atoms with Gasteiger partial charge in [0.25, 0.3) is 0 Å². The molecule has 2 aromatic rings. The first kappa shape index (κ1) is 13.6. The highest BCUT2D eigenvalue weighted by molar-refractivity contribution is 7.17. The van der Waals surface area contributed by atoms with Gasteiger partial charge < -0.3 is 10.2 Å². The second-order valence-electron chi connectivity index (χ2n) is 5.34. The third-order valence-corrected chi connectivity index (χ3v) is 5.28. The molecular formula is C16H20N2OS. The quantitative estimate of drug-likeness (QED) is 0.871. The van der Waals surface area contributed by atoms with Crippen LogP contribution in [0.3, 0.4) is 0 Å². The first-order valence-corrected chi connectivity index (χ1v) is 8.14. The molecular weight excluding hydrogens is 268 g/mol. The molecule has 0 bridgehead atoms. The summed E-state index contributed by atoms with van der Waals surface area (Å²) >= 11 is 1.78. The molecule has 0 aliphatic carbocycles. The number of carbonyl (C=O) groups is 1. The summed E-state index contributed by atoms with van der Waals surface area (Å²) in [6, 6.07) is 6.14. The van der Waals surface area contributed by atoms with E-state index in [1.54, 1.807) is 11.3 Å². The van der Waals surface area contributed by atoms with Crippen LogP contribution in [0.4, 0.5) is 5.69 Å². The Labute approximate surface area is 123 Å². The van der Waals surface area contributed by atoms with Crippen molar-refractivity contribution in [3.8, 4) is 0 Å². The number of piperidine rings is 1. The molecule has 20 heavy (non-hydrogen) atoms. The monoisotopic (exact) mass is 288 g/mol. The molecule has 0 saturated carbocycles. The number of benzene rings is 1. The van der Waals surface area contributed by atoms with E-state index < -0.39 is 0 Å². The Hall–Kier alpha value is -1.39. The van der Waals surface area contributed by atoms with E-state index in [0.29, 0.717) is 5.92 Å². The molecule has 0 atom stereocenters. The molecule has 1 amide bonds. The lowest BCUT2D eigenvalue weighted by molar-refractivity contribution is -0.105. The summed E-state index contributed by atoms with van der Waals surface area (Å²) in [6.07, 6.45) is 3.21. The lowest BCUT2D eigenvalue weighted by atomic mass is 9.89. The average Bonchev–Trinajstić information content (AvgIpc) is 2.93. The zero-order chi connectivity index (χ0) is 13.9. The molecule has 106 valence electrons. The summed E-state index contributed by atoms with van der Waals surface area (Å²) in [7, 11) is 0. The Balaban J connectivity index is 1.93. The predicted octanol–water partition coefficient (Wildman–Crippen LogP) is 3.67. The minimum atomic E-state index is 0.626. The Kier molecular flexibility index (Phi) is 4.03. The number of nitrogens with zero attached hydrogens (tertiary/aromatic N) is 1. The summed E-state index contributed by atoms with van der Waals surface area (Å²) in [6.45, 7) is 5.74. The molecule has 4 heteroatoms. The molecule has 1 fully saturated rings. The van der Waals surface area contributed by atoms with Crippen LogP contribution >= 0.6 is 11.3 Å². The summed E-state index contributed by atoms with van der Waals surface area (Å²) in [5.74, 6) is 0.626. The van der Waals surface area contributed by atoms with Gasteiger partial charge in [0.1, 0.15) is 0 Å². The van der Waals surface area contributed by atoms with E-state index in [4.69, 9.17) is 0 Å². The topological polar surface area (TPSA) is 32.3 Å². The first-order valence-electron chi connectivity index (χ1n) is 7.26. The lowest BCUT2D eigenvalue weighted by Crippen LogP contribution is -2.32. The number of anilines is 1. The minimum Gasteiger partial charge on any atom is -0.328 e. The van der Waals surface area contributed by atoms with Crippen molar-refractivity contribution < 1.29 is 4.79 Å². The molecule has 1 aromatic heterocycles. The highest BCUT2D eigenvalue weighted by Gasteiger charge is 2.23. The molecule has 1 aliphatic heterocycles. The molecule has 2 heterocycles. The molecule has 1 saturated heterocycles. The van der Waals surface area contributed by atoms with E-state index in [2.05, 4.69) is 28.6 Å². The average molecular weight is 288 g/mol. The van der Waals surface area contributed by atoms with E-state index in [1.165, 1.54) is 41.6 Å². The van der Waals surface area contributed by atoms with Crippen LogP contribution in [0.2, 0.25) is 0 Å². The maximum absolute atomic E-state index is 10.8. The normalized spacial score (nSPS) is 17.4. The smallest absolute Gasteiger partial charge is 0.211 e. The van der Waals surface area contributed by atoms with Crippen LogP contribution in [-0.2, 0) is 4.79 Å². The first-order chi connectivity index (χ1) is 9.83. The summed E-state index contributed by atoms with van der Waals surface area (Å²) in [4.78, 5) is 13.3. The van der Waals surface area contributed by atoms with Crippen molar-refractivity contribution in [2.24, 2.45) is 0 Å². The van der Waals surface area contributed by atoms with Gasteiger partial charge in [0.05, 0.1) is 0 Å². The third-order valence-electron chi connectivity index (χ3n) is 4.32. The SMILES string of the molecule is CCN1CCC(c2csc3cccc(NC=O)c23)CC1. The Bertz CT molecular complexity index is 600. The Morgan fingerprint density at radius 3 is 2.90 bits per heavy atom. The second-order valence-corrected chi connectivity index (χ2v) is 6.25. The highest BCUT2D eigenvalue weighted by Crippen LogP contribution is 2.39. The number of hydrogen-bond donors (Lipinski definition) is 1. The lowest BCUT2D eigenvalue weighted by Gasteiger charge is -2.31. The molecule has 1 aliphatic rings. The zero-order valence-electron chi connectivity index (χ0n) is 11.8. The maximum atomic E-state index is 10.8. The van der Waals surface area contributed by atoms with Crippen LogP contribution < -0.4 is 5.32 Å². The van der Waals surface area contributed by atoms with Gasteiger partial charge in [-0.25, -0.2) is 0 Å². The van der Waals surface area contributed by atoms with Gasteiger partial charge in [-0.3, -0.25) is 4.79 Å². The van der Waals surface area contributed by atoms with Crippen LogP contribution in [0.15, 0.2) is 23.6 Å². The van der Waals surface area contributed by atoms with Gasteiger partial charge in [-0.1, -0.05) is 13.0 Å². The van der Waals surface area contributed by atoms with E-state index in [0.717, 1.165) is 18.6 Å². The molecule has 0 radical (unpaired) electrons. The number of amides is 1. The largest absolute Gasteiger partial charge is 0.328 e. The zero-order valence-corrected chi connectivity index (χ0v) is 12.6. The number of thiophene rings is 1. The molecule has 0 unspecified atom stereocenters. The standard InChI is InChI=1S/C16H20N2OS/c1-2-18-8-6-12(7-9-18)13-10-20-15-5-3-4-14(16(13)15)17-11-19/h3-5,10-12H,2,6-9H2,1H3,(H,17,19). The van der Waals surface area contributed by atoms with Crippen molar-refractivity contribution >= 4 is 33.5 Å². The Morgan fingerprint density at radius 2 is 2.20 bits per heavy atom. The third kappa shape index (κ3) is 2.45. The summed E-state index contributed by atoms with van der Waals surface area (Å²) in [5, 5.41) is 6.39. The van der Waals surface area contributed by atoms with Crippen molar-refractivity contribution in [2.45, 2.75) is 25.7 Å². The Morgan fingerprint density at radius 1 is 1.40 bits per heavy atom. The molecule has 1 N–H and O–H groups in total. The van der Waals surface area contributed by atoms with Gasteiger partial charge in [-0.2, -0.15) is 0 Å². The molecule has 3 nitrogen and oxygen atoms in total. The van der Waals surface area contributed by atoms with Crippen molar-refractivity contribution in [3.63, 3.8) is 0 Å². The van der Waals surface area contributed by atoms with Gasteiger partial charge >= 0.3 is 0 Å². The fourth-order valence-corrected chi connectivity index (χ4v) is 4.22. The van der Waals surface area contributed by atoms with E-state index >= 15 is 0 Å². The molecule has 1 aromatic carbocycles. The van der Waals surface area contributed by atoms with E-state index in [1.807, 2.05) is 12.1 Å². The number of fused-ring (bicyclic) bond motifs is 1. The van der Waals surface area contributed by atoms with E-state index in [9.17, 15) is 4.79 Å². The van der Waals surface area contributed by atoms with Gasteiger partial charge in [0.15, 0.2) is 0 Å². The van der Waals surface area contributed by atoms with Crippen molar-refractivity contribution in [1.29, 1.82) is 0 Å². The number of carbonyl (C=O) groups excluding carboxylic acids is 1. The number of nitrogens with one attached hydrogen (secondary N) is 1. The van der Waals surface area contributed by atoms with Crippen LogP contribution in [0.1, 0.15) is 31.2 Å². The number of likely N-dealkylation sites (tertiary alicyclic amines) is 1. The van der Waals surface area contributed by atoms with Crippen molar-refractivity contribution in [3.05, 3.63) is 29.1 Å². The maximum Gasteiger partial charge on any atom is 0.211 e. The highest BCUT2D eigenvalue weighted by atomic mass is 32.1. The summed E-state index contributed by atoms with van der Waals surface area (Å²) < 4.78 is 1.27. The van der Waals surface area contributed by atoms with Gasteiger partial charge in [0.2, 0.25) is 6.41 Å². The fourth-order valence-electron chi connectivity index (χ4n) is 3.16. The van der Waals surface area contributed by atoms with Crippen LogP contribution in [0.25, 0.3) is 10.1 Å². The van der Waals surface area contributed by atoms with Crippen molar-refractivity contribution in [2.75, 3.05) is 25.0 Å². The van der Waals surface area contributed by atoms with E-state index in [-0.39, 0.29) is 0 Å². The second kappa shape index (κ2) is 5.94. The van der Waals surface area contributed by atoms with Gasteiger partial charge in [-0.15, -0.1) is 11.3 Å². The number of hydrogen-bond acceptors (Lipinski definition) is 3. The minimum absolute atomic E-state index is 0.626. The summed E-state index contributed by atoms with van der Waals surface area (Å²) in [5.41, 5.74) is 2.37.